The van der Waals surface area contributed by atoms with Gasteiger partial charge in [0.1, 0.15) is 0 Å². The Morgan fingerprint density at radius 3 is 2.80 bits per heavy atom. The van der Waals surface area contributed by atoms with E-state index in [0.29, 0.717) is 31.0 Å². The number of hydrogen-bond donors (Lipinski definition) is 1. The normalized spacial score (nSPS) is 18.3. The monoisotopic (exact) mass is 403 g/mol. The van der Waals surface area contributed by atoms with E-state index >= 15 is 0 Å². The Kier molecular flexibility index (Phi) is 5.21. The number of benzene rings is 1. The summed E-state index contributed by atoms with van der Waals surface area (Å²) in [6.07, 6.45) is 1.69. The van der Waals surface area contributed by atoms with Crippen LogP contribution in [0.5, 0.6) is 0 Å². The quantitative estimate of drug-likeness (QED) is 0.834. The Morgan fingerprint density at radius 2 is 2.10 bits per heavy atom. The molecule has 1 N–H and O–H groups in total. The Bertz CT molecular complexity index is 533. The largest absolute Gasteiger partial charge is 0.481 e. The predicted molar refractivity (Wildman–Crippen MR) is 82.7 cm³/mol. The van der Waals surface area contributed by atoms with E-state index in [-0.39, 0.29) is 12.3 Å². The van der Waals surface area contributed by atoms with E-state index in [4.69, 9.17) is 5.11 Å². The summed E-state index contributed by atoms with van der Waals surface area (Å²) in [6, 6.07) is 5.52. The third-order valence-corrected chi connectivity index (χ3v) is 4.68. The lowest BCUT2D eigenvalue weighted by atomic mass is 10.0. The second-order valence-electron chi connectivity index (χ2n) is 4.96. The van der Waals surface area contributed by atoms with Crippen LogP contribution >= 0.6 is 31.9 Å². The lowest BCUT2D eigenvalue weighted by molar-refractivity contribution is -0.137. The van der Waals surface area contributed by atoms with Gasteiger partial charge in [-0.3, -0.25) is 9.59 Å². The zero-order chi connectivity index (χ0) is 14.7. The van der Waals surface area contributed by atoms with Crippen molar-refractivity contribution in [2.75, 3.05) is 13.1 Å². The number of nitrogens with zero attached hydrogens (tertiary/aromatic N) is 1. The molecule has 1 heterocycles. The minimum atomic E-state index is -0.774. The summed E-state index contributed by atoms with van der Waals surface area (Å²) in [4.78, 5) is 24.9. The fourth-order valence-electron chi connectivity index (χ4n) is 2.41. The number of rotatable bonds is 4. The summed E-state index contributed by atoms with van der Waals surface area (Å²) >= 11 is 6.77. The molecule has 0 bridgehead atoms. The lowest BCUT2D eigenvalue weighted by Gasteiger charge is -2.17. The van der Waals surface area contributed by atoms with Crippen molar-refractivity contribution in [1.29, 1.82) is 0 Å². The third-order valence-electron chi connectivity index (χ3n) is 3.50. The van der Waals surface area contributed by atoms with Gasteiger partial charge in [0.2, 0.25) is 0 Å². The fourth-order valence-corrected chi connectivity index (χ4v) is 3.19. The second kappa shape index (κ2) is 6.72. The number of halogens is 2. The molecule has 1 saturated heterocycles. The van der Waals surface area contributed by atoms with Crippen molar-refractivity contribution >= 4 is 43.7 Å². The van der Waals surface area contributed by atoms with Gasteiger partial charge in [-0.1, -0.05) is 15.9 Å². The van der Waals surface area contributed by atoms with Crippen LogP contribution in [0, 0.1) is 5.92 Å². The highest BCUT2D eigenvalue weighted by Gasteiger charge is 2.28. The minimum absolute atomic E-state index is 0.00370. The van der Waals surface area contributed by atoms with Gasteiger partial charge in [-0.25, -0.2) is 0 Å². The van der Waals surface area contributed by atoms with Crippen molar-refractivity contribution < 1.29 is 14.7 Å². The molecule has 0 aromatic heterocycles. The second-order valence-corrected chi connectivity index (χ2v) is 6.73. The van der Waals surface area contributed by atoms with Crippen LogP contribution in [0.2, 0.25) is 0 Å². The van der Waals surface area contributed by atoms with Crippen LogP contribution in [0.4, 0.5) is 0 Å². The average Bonchev–Trinajstić information content (AvgIpc) is 2.87. The maximum atomic E-state index is 12.5. The van der Waals surface area contributed by atoms with Gasteiger partial charge in [0, 0.05) is 28.5 Å². The molecule has 0 radical (unpaired) electrons. The topological polar surface area (TPSA) is 57.6 Å². The maximum Gasteiger partial charge on any atom is 0.303 e. The summed E-state index contributed by atoms with van der Waals surface area (Å²) in [7, 11) is 0. The molecule has 1 fully saturated rings. The maximum absolute atomic E-state index is 12.5. The molecule has 108 valence electrons. The van der Waals surface area contributed by atoms with E-state index in [1.807, 2.05) is 12.1 Å². The number of amides is 1. The summed E-state index contributed by atoms with van der Waals surface area (Å²) in [5, 5.41) is 8.70. The van der Waals surface area contributed by atoms with Crippen LogP contribution in [0.15, 0.2) is 27.1 Å². The van der Waals surface area contributed by atoms with E-state index in [1.165, 1.54) is 0 Å². The molecule has 1 aliphatic heterocycles. The Morgan fingerprint density at radius 1 is 1.35 bits per heavy atom. The van der Waals surface area contributed by atoms with Gasteiger partial charge in [-0.05, 0) is 52.9 Å². The van der Waals surface area contributed by atoms with Gasteiger partial charge in [-0.2, -0.15) is 0 Å². The standard InChI is InChI=1S/C14H15Br2NO3/c15-10-2-3-12(16)11(7-10)14(20)17-6-5-9(8-17)1-4-13(18)19/h2-3,7,9H,1,4-6,8H2,(H,18,19). The van der Waals surface area contributed by atoms with Crippen molar-refractivity contribution in [1.82, 2.24) is 4.90 Å². The number of carboxylic acids is 1. The summed E-state index contributed by atoms with van der Waals surface area (Å²) in [6.45, 7) is 1.34. The first-order valence-corrected chi connectivity index (χ1v) is 8.02. The highest BCUT2D eigenvalue weighted by molar-refractivity contribution is 9.11. The number of carbonyl (C=O) groups excluding carboxylic acids is 1. The molecule has 4 nitrogen and oxygen atoms in total. The van der Waals surface area contributed by atoms with Crippen LogP contribution in [0.25, 0.3) is 0 Å². The molecule has 0 spiro atoms. The molecular formula is C14H15Br2NO3. The van der Waals surface area contributed by atoms with Crippen molar-refractivity contribution in [3.05, 3.63) is 32.7 Å². The minimum Gasteiger partial charge on any atom is -0.481 e. The van der Waals surface area contributed by atoms with Gasteiger partial charge in [0.05, 0.1) is 5.56 Å². The number of likely N-dealkylation sites (tertiary alicyclic amines) is 1. The summed E-state index contributed by atoms with van der Waals surface area (Å²) < 4.78 is 1.64. The molecule has 1 unspecified atom stereocenters. The molecule has 1 aliphatic rings. The highest BCUT2D eigenvalue weighted by Crippen LogP contribution is 2.27. The first-order valence-electron chi connectivity index (χ1n) is 6.43. The Balaban J connectivity index is 2.00. The molecule has 1 atom stereocenters. The van der Waals surface area contributed by atoms with Crippen molar-refractivity contribution in [2.45, 2.75) is 19.3 Å². The van der Waals surface area contributed by atoms with E-state index in [1.54, 1.807) is 11.0 Å². The smallest absolute Gasteiger partial charge is 0.303 e. The van der Waals surface area contributed by atoms with Crippen LogP contribution in [0.3, 0.4) is 0 Å². The number of carboxylic acid groups (broad SMARTS) is 1. The summed E-state index contributed by atoms with van der Waals surface area (Å²) in [5.74, 6) is -0.485. The molecular weight excluding hydrogens is 390 g/mol. The van der Waals surface area contributed by atoms with Gasteiger partial charge < -0.3 is 10.0 Å². The fraction of sp³-hybridized carbons (Fsp3) is 0.429. The Hall–Kier alpha value is -0.880. The van der Waals surface area contributed by atoms with Gasteiger partial charge in [0.25, 0.3) is 5.91 Å². The van der Waals surface area contributed by atoms with Crippen LogP contribution in [-0.4, -0.2) is 35.0 Å². The zero-order valence-corrected chi connectivity index (χ0v) is 14.0. The summed E-state index contributed by atoms with van der Waals surface area (Å²) in [5.41, 5.74) is 0.637. The van der Waals surface area contributed by atoms with E-state index in [0.717, 1.165) is 15.4 Å². The molecule has 2 rings (SSSR count). The molecule has 1 amide bonds. The first-order chi connectivity index (χ1) is 9.47. The van der Waals surface area contributed by atoms with Crippen LogP contribution < -0.4 is 0 Å². The molecule has 1 aromatic carbocycles. The van der Waals surface area contributed by atoms with Gasteiger partial charge in [0.15, 0.2) is 0 Å². The zero-order valence-electron chi connectivity index (χ0n) is 10.8. The van der Waals surface area contributed by atoms with Crippen molar-refractivity contribution in [3.63, 3.8) is 0 Å². The van der Waals surface area contributed by atoms with Crippen LogP contribution in [0.1, 0.15) is 29.6 Å². The molecule has 0 aliphatic carbocycles. The highest BCUT2D eigenvalue weighted by atomic mass is 79.9. The van der Waals surface area contributed by atoms with Crippen LogP contribution in [-0.2, 0) is 4.79 Å². The molecule has 1 aromatic rings. The SMILES string of the molecule is O=C(O)CCC1CCN(C(=O)c2cc(Br)ccc2Br)C1. The first kappa shape index (κ1) is 15.5. The van der Waals surface area contributed by atoms with Crippen molar-refractivity contribution in [2.24, 2.45) is 5.92 Å². The lowest BCUT2D eigenvalue weighted by Crippen LogP contribution is -2.29. The molecule has 6 heteroatoms. The van der Waals surface area contributed by atoms with Crippen molar-refractivity contribution in [3.8, 4) is 0 Å². The van der Waals surface area contributed by atoms with Gasteiger partial charge >= 0.3 is 5.97 Å². The number of carbonyl (C=O) groups is 2. The Labute approximate surface area is 134 Å². The molecule has 20 heavy (non-hydrogen) atoms. The van der Waals surface area contributed by atoms with E-state index in [2.05, 4.69) is 31.9 Å². The number of aliphatic carboxylic acids is 1. The van der Waals surface area contributed by atoms with E-state index in [9.17, 15) is 9.59 Å². The van der Waals surface area contributed by atoms with Gasteiger partial charge in [-0.15, -0.1) is 0 Å². The average molecular weight is 405 g/mol. The molecule has 0 saturated carbocycles. The number of hydrogen-bond acceptors (Lipinski definition) is 2. The van der Waals surface area contributed by atoms with E-state index < -0.39 is 5.97 Å². The predicted octanol–water partition coefficient (Wildman–Crippen LogP) is 3.54. The third kappa shape index (κ3) is 3.82.